The quantitative estimate of drug-likeness (QED) is 0.523. The standard InChI is InChI=1S/C22H19N5O2/c1-12(28)16-4-2-3-14-9-15(11-29-20(14)16)21-25-18-6-5-13(10-19(18)26-21)17-7-8-24-22(23)27-17/h2-8,10,15H,9,11H2,1H3,(H,25,26)(H2,23,24,27). The third-order valence-corrected chi connectivity index (χ3v) is 5.23. The zero-order valence-corrected chi connectivity index (χ0v) is 15.8. The summed E-state index contributed by atoms with van der Waals surface area (Å²) in [5.74, 6) is 1.93. The number of carbonyl (C=O) groups is 1. The third-order valence-electron chi connectivity index (χ3n) is 5.23. The molecule has 1 aliphatic heterocycles. The van der Waals surface area contributed by atoms with Gasteiger partial charge >= 0.3 is 0 Å². The molecule has 1 unspecified atom stereocenters. The van der Waals surface area contributed by atoms with Gasteiger partial charge in [-0.05, 0) is 43.2 Å². The van der Waals surface area contributed by atoms with E-state index in [2.05, 4.69) is 15.0 Å². The van der Waals surface area contributed by atoms with Gasteiger partial charge in [-0.3, -0.25) is 4.79 Å². The molecule has 4 aromatic rings. The molecule has 2 aromatic heterocycles. The molecule has 1 atom stereocenters. The number of aromatic nitrogens is 4. The van der Waals surface area contributed by atoms with E-state index in [9.17, 15) is 4.79 Å². The highest BCUT2D eigenvalue weighted by Crippen LogP contribution is 2.35. The summed E-state index contributed by atoms with van der Waals surface area (Å²) in [5.41, 5.74) is 10.9. The number of Topliss-reactive ketones (excluding diaryl/α,β-unsaturated/α-hetero) is 1. The molecule has 7 nitrogen and oxygen atoms in total. The molecule has 0 fully saturated rings. The fraction of sp³-hybridized carbons (Fsp3) is 0.182. The highest BCUT2D eigenvalue weighted by Gasteiger charge is 2.26. The van der Waals surface area contributed by atoms with Gasteiger partial charge in [0.2, 0.25) is 5.95 Å². The van der Waals surface area contributed by atoms with Gasteiger partial charge in [0.15, 0.2) is 5.78 Å². The molecule has 144 valence electrons. The summed E-state index contributed by atoms with van der Waals surface area (Å²) in [7, 11) is 0. The zero-order valence-electron chi connectivity index (χ0n) is 15.8. The van der Waals surface area contributed by atoms with Crippen molar-refractivity contribution in [1.29, 1.82) is 0 Å². The Labute approximate surface area is 167 Å². The summed E-state index contributed by atoms with van der Waals surface area (Å²) in [5, 5.41) is 0. The summed E-state index contributed by atoms with van der Waals surface area (Å²) in [6.45, 7) is 2.04. The Morgan fingerprint density at radius 2 is 2.10 bits per heavy atom. The number of imidazole rings is 1. The van der Waals surface area contributed by atoms with Gasteiger partial charge in [0.1, 0.15) is 11.6 Å². The second-order valence-corrected chi connectivity index (χ2v) is 7.22. The van der Waals surface area contributed by atoms with Crippen LogP contribution in [0, 0.1) is 0 Å². The highest BCUT2D eigenvalue weighted by atomic mass is 16.5. The number of nitrogens with one attached hydrogen (secondary N) is 1. The minimum Gasteiger partial charge on any atom is -0.492 e. The van der Waals surface area contributed by atoms with Gasteiger partial charge in [-0.25, -0.2) is 15.0 Å². The van der Waals surface area contributed by atoms with Crippen LogP contribution in [0.3, 0.4) is 0 Å². The lowest BCUT2D eigenvalue weighted by Gasteiger charge is -2.25. The smallest absolute Gasteiger partial charge is 0.220 e. The third kappa shape index (κ3) is 3.10. The van der Waals surface area contributed by atoms with Crippen molar-refractivity contribution in [2.45, 2.75) is 19.3 Å². The number of rotatable bonds is 3. The monoisotopic (exact) mass is 385 g/mol. The lowest BCUT2D eigenvalue weighted by Crippen LogP contribution is -2.21. The van der Waals surface area contributed by atoms with Crippen LogP contribution in [0.15, 0.2) is 48.7 Å². The lowest BCUT2D eigenvalue weighted by molar-refractivity contribution is 0.101. The predicted octanol–water partition coefficient (Wildman–Crippen LogP) is 3.52. The molecule has 1 aliphatic rings. The number of carbonyl (C=O) groups excluding carboxylic acids is 1. The van der Waals surface area contributed by atoms with Gasteiger partial charge in [-0.15, -0.1) is 0 Å². The van der Waals surface area contributed by atoms with Crippen LogP contribution in [-0.4, -0.2) is 32.3 Å². The molecule has 7 heteroatoms. The number of nitrogen functional groups attached to an aromatic ring is 1. The first kappa shape index (κ1) is 17.4. The maximum absolute atomic E-state index is 11.8. The SMILES string of the molecule is CC(=O)c1cccc2c1OCC(c1nc3ccc(-c4ccnc(N)n4)cc3[nH]1)C2. The number of benzene rings is 2. The molecule has 0 saturated carbocycles. The van der Waals surface area contributed by atoms with Crippen LogP contribution in [0.25, 0.3) is 22.3 Å². The van der Waals surface area contributed by atoms with Gasteiger partial charge in [0, 0.05) is 11.8 Å². The molecule has 0 bridgehead atoms. The second-order valence-electron chi connectivity index (χ2n) is 7.22. The number of ketones is 1. The molecular formula is C22H19N5O2. The van der Waals surface area contributed by atoms with E-state index in [0.29, 0.717) is 17.9 Å². The normalized spacial score (nSPS) is 15.7. The number of hydrogen-bond donors (Lipinski definition) is 2. The number of fused-ring (bicyclic) bond motifs is 2. The fourth-order valence-electron chi connectivity index (χ4n) is 3.79. The number of para-hydroxylation sites is 1. The Morgan fingerprint density at radius 3 is 2.93 bits per heavy atom. The minimum atomic E-state index is 0.0157. The molecule has 0 spiro atoms. The maximum Gasteiger partial charge on any atom is 0.220 e. The Balaban J connectivity index is 1.47. The Kier molecular flexibility index (Phi) is 4.01. The van der Waals surface area contributed by atoms with Crippen LogP contribution in [0.5, 0.6) is 5.75 Å². The molecule has 0 radical (unpaired) electrons. The van der Waals surface area contributed by atoms with Crippen LogP contribution in [-0.2, 0) is 6.42 Å². The van der Waals surface area contributed by atoms with Crippen molar-refractivity contribution < 1.29 is 9.53 Å². The van der Waals surface area contributed by atoms with E-state index in [0.717, 1.165) is 40.1 Å². The van der Waals surface area contributed by atoms with E-state index in [4.69, 9.17) is 15.5 Å². The second kappa shape index (κ2) is 6.70. The number of anilines is 1. The van der Waals surface area contributed by atoms with Crippen LogP contribution >= 0.6 is 0 Å². The molecule has 0 aliphatic carbocycles. The van der Waals surface area contributed by atoms with Crippen LogP contribution < -0.4 is 10.5 Å². The molecule has 0 saturated heterocycles. The molecule has 2 aromatic carbocycles. The Bertz CT molecular complexity index is 1250. The van der Waals surface area contributed by atoms with Crippen molar-refractivity contribution >= 4 is 22.8 Å². The summed E-state index contributed by atoms with van der Waals surface area (Å²) in [4.78, 5) is 28.2. The summed E-state index contributed by atoms with van der Waals surface area (Å²) < 4.78 is 5.97. The van der Waals surface area contributed by atoms with Gasteiger partial charge in [0.05, 0.1) is 34.8 Å². The van der Waals surface area contributed by atoms with Crippen LogP contribution in [0.4, 0.5) is 5.95 Å². The van der Waals surface area contributed by atoms with E-state index in [1.54, 1.807) is 13.1 Å². The van der Waals surface area contributed by atoms with Crippen molar-refractivity contribution in [3.8, 4) is 17.0 Å². The van der Waals surface area contributed by atoms with Crippen molar-refractivity contribution in [1.82, 2.24) is 19.9 Å². The van der Waals surface area contributed by atoms with E-state index < -0.39 is 0 Å². The highest BCUT2D eigenvalue weighted by molar-refractivity contribution is 5.97. The number of nitrogens with two attached hydrogens (primary N) is 1. The molecule has 29 heavy (non-hydrogen) atoms. The molecule has 3 N–H and O–H groups in total. The summed E-state index contributed by atoms with van der Waals surface area (Å²) in [6, 6.07) is 13.5. The van der Waals surface area contributed by atoms with Crippen molar-refractivity contribution in [3.63, 3.8) is 0 Å². The number of hydrogen-bond acceptors (Lipinski definition) is 6. The Morgan fingerprint density at radius 1 is 1.21 bits per heavy atom. The zero-order chi connectivity index (χ0) is 20.0. The van der Waals surface area contributed by atoms with Crippen molar-refractivity contribution in [3.05, 3.63) is 65.6 Å². The van der Waals surface area contributed by atoms with Crippen molar-refractivity contribution in [2.24, 2.45) is 0 Å². The number of nitrogens with zero attached hydrogens (tertiary/aromatic N) is 3. The fourth-order valence-corrected chi connectivity index (χ4v) is 3.79. The van der Waals surface area contributed by atoms with Gasteiger partial charge in [-0.1, -0.05) is 18.2 Å². The molecule has 3 heterocycles. The molecular weight excluding hydrogens is 366 g/mol. The number of H-pyrrole nitrogens is 1. The average molecular weight is 385 g/mol. The largest absolute Gasteiger partial charge is 0.492 e. The molecule has 5 rings (SSSR count). The van der Waals surface area contributed by atoms with Gasteiger partial charge in [0.25, 0.3) is 0 Å². The first-order valence-electron chi connectivity index (χ1n) is 9.42. The van der Waals surface area contributed by atoms with Crippen LogP contribution in [0.1, 0.15) is 34.6 Å². The topological polar surface area (TPSA) is 107 Å². The first-order chi connectivity index (χ1) is 14.1. The summed E-state index contributed by atoms with van der Waals surface area (Å²) >= 11 is 0. The minimum absolute atomic E-state index is 0.0157. The molecule has 0 amide bonds. The van der Waals surface area contributed by atoms with E-state index in [1.807, 2.05) is 42.5 Å². The maximum atomic E-state index is 11.8. The summed E-state index contributed by atoms with van der Waals surface area (Å²) in [6.07, 6.45) is 2.41. The van der Waals surface area contributed by atoms with Gasteiger partial charge < -0.3 is 15.5 Å². The lowest BCUT2D eigenvalue weighted by atomic mass is 9.93. The van der Waals surface area contributed by atoms with Crippen LogP contribution in [0.2, 0.25) is 0 Å². The average Bonchev–Trinajstić information content (AvgIpc) is 3.16. The van der Waals surface area contributed by atoms with Gasteiger partial charge in [-0.2, -0.15) is 0 Å². The first-order valence-corrected chi connectivity index (χ1v) is 9.42. The predicted molar refractivity (Wildman–Crippen MR) is 110 cm³/mol. The van der Waals surface area contributed by atoms with Crippen molar-refractivity contribution in [2.75, 3.05) is 12.3 Å². The van der Waals surface area contributed by atoms with E-state index in [1.165, 1.54) is 0 Å². The Hall–Kier alpha value is -3.74. The van der Waals surface area contributed by atoms with E-state index in [-0.39, 0.29) is 17.6 Å². The number of ether oxygens (including phenoxy) is 1. The number of aromatic amines is 1. The van der Waals surface area contributed by atoms with E-state index >= 15 is 0 Å².